The van der Waals surface area contributed by atoms with Crippen LogP contribution >= 0.6 is 0 Å². The summed E-state index contributed by atoms with van der Waals surface area (Å²) < 4.78 is 5.23. The van der Waals surface area contributed by atoms with Gasteiger partial charge in [0.05, 0.1) is 5.60 Å². The molecule has 0 aromatic heterocycles. The van der Waals surface area contributed by atoms with E-state index in [0.717, 1.165) is 12.8 Å². The predicted octanol–water partition coefficient (Wildman–Crippen LogP) is 1.45. The van der Waals surface area contributed by atoms with Gasteiger partial charge < -0.3 is 20.1 Å². The van der Waals surface area contributed by atoms with Crippen LogP contribution in [-0.4, -0.2) is 53.3 Å². The Morgan fingerprint density at radius 3 is 2.58 bits per heavy atom. The highest BCUT2D eigenvalue weighted by Gasteiger charge is 2.44. The smallest absolute Gasteiger partial charge is 0.329 e. The number of methoxy groups -OCH3 is 1. The number of nitrogens with zero attached hydrogens (tertiary/aromatic N) is 1. The Bertz CT molecular complexity index is 357. The van der Waals surface area contributed by atoms with Gasteiger partial charge in [0.2, 0.25) is 0 Å². The van der Waals surface area contributed by atoms with E-state index in [2.05, 4.69) is 5.32 Å². The van der Waals surface area contributed by atoms with E-state index in [9.17, 15) is 14.7 Å². The van der Waals surface area contributed by atoms with Crippen LogP contribution in [0.3, 0.4) is 0 Å². The standard InChI is InChI=1S/C13H24N2O4/c1-12(2,19-4)9-14-11(18)15-8-6-5-7-13(15,3)10(16)17/h5-9H2,1-4H3,(H,14,18)(H,16,17). The molecule has 0 saturated carbocycles. The molecule has 0 radical (unpaired) electrons. The molecule has 0 aromatic carbocycles. The molecule has 1 fully saturated rings. The highest BCUT2D eigenvalue weighted by Crippen LogP contribution is 2.28. The maximum absolute atomic E-state index is 12.2. The van der Waals surface area contributed by atoms with E-state index in [1.807, 2.05) is 13.8 Å². The van der Waals surface area contributed by atoms with E-state index in [1.54, 1.807) is 14.0 Å². The zero-order valence-electron chi connectivity index (χ0n) is 12.2. The van der Waals surface area contributed by atoms with Gasteiger partial charge in [-0.1, -0.05) is 0 Å². The molecule has 0 aliphatic carbocycles. The van der Waals surface area contributed by atoms with Crippen molar-refractivity contribution in [2.75, 3.05) is 20.2 Å². The monoisotopic (exact) mass is 272 g/mol. The summed E-state index contributed by atoms with van der Waals surface area (Å²) in [6.45, 7) is 6.14. The predicted molar refractivity (Wildman–Crippen MR) is 71.1 cm³/mol. The van der Waals surface area contributed by atoms with Crippen LogP contribution in [-0.2, 0) is 9.53 Å². The second kappa shape index (κ2) is 5.77. The number of aliphatic carboxylic acids is 1. The summed E-state index contributed by atoms with van der Waals surface area (Å²) >= 11 is 0. The molecule has 6 nitrogen and oxygen atoms in total. The minimum atomic E-state index is -1.11. The maximum atomic E-state index is 12.2. The van der Waals surface area contributed by atoms with Crippen molar-refractivity contribution in [3.05, 3.63) is 0 Å². The number of carbonyl (C=O) groups is 2. The Morgan fingerprint density at radius 1 is 1.42 bits per heavy atom. The Balaban J connectivity index is 2.71. The van der Waals surface area contributed by atoms with Gasteiger partial charge in [0, 0.05) is 20.2 Å². The third kappa shape index (κ3) is 3.59. The van der Waals surface area contributed by atoms with Crippen molar-refractivity contribution in [1.82, 2.24) is 10.2 Å². The molecule has 1 unspecified atom stereocenters. The topological polar surface area (TPSA) is 78.9 Å². The van der Waals surface area contributed by atoms with E-state index in [4.69, 9.17) is 4.74 Å². The number of carboxylic acids is 1. The van der Waals surface area contributed by atoms with Crippen LogP contribution in [0, 0.1) is 0 Å². The van der Waals surface area contributed by atoms with Crippen molar-refractivity contribution in [2.24, 2.45) is 0 Å². The minimum Gasteiger partial charge on any atom is -0.480 e. The van der Waals surface area contributed by atoms with Crippen LogP contribution in [0.15, 0.2) is 0 Å². The van der Waals surface area contributed by atoms with Crippen molar-refractivity contribution in [2.45, 2.75) is 51.2 Å². The maximum Gasteiger partial charge on any atom is 0.329 e. The van der Waals surface area contributed by atoms with Gasteiger partial charge in [0.15, 0.2) is 0 Å². The normalized spacial score (nSPS) is 24.1. The van der Waals surface area contributed by atoms with E-state index in [0.29, 0.717) is 19.5 Å². The van der Waals surface area contributed by atoms with Gasteiger partial charge in [-0.15, -0.1) is 0 Å². The lowest BCUT2D eigenvalue weighted by Gasteiger charge is -2.41. The van der Waals surface area contributed by atoms with E-state index in [-0.39, 0.29) is 6.03 Å². The Kier molecular flexibility index (Phi) is 4.79. The third-order valence-corrected chi connectivity index (χ3v) is 3.81. The number of likely N-dealkylation sites (tertiary alicyclic amines) is 1. The van der Waals surface area contributed by atoms with Crippen molar-refractivity contribution in [3.8, 4) is 0 Å². The fraction of sp³-hybridized carbons (Fsp3) is 0.846. The van der Waals surface area contributed by atoms with Crippen molar-refractivity contribution < 1.29 is 19.4 Å². The Labute approximate surface area is 114 Å². The number of rotatable bonds is 4. The van der Waals surface area contributed by atoms with Gasteiger partial charge in [-0.3, -0.25) is 0 Å². The number of piperidine rings is 1. The molecule has 0 bridgehead atoms. The minimum absolute atomic E-state index is 0.338. The molecule has 1 atom stereocenters. The number of hydrogen-bond donors (Lipinski definition) is 2. The number of ether oxygens (including phenoxy) is 1. The fourth-order valence-electron chi connectivity index (χ4n) is 2.12. The quantitative estimate of drug-likeness (QED) is 0.812. The first-order chi connectivity index (χ1) is 8.73. The lowest BCUT2D eigenvalue weighted by molar-refractivity contribution is -0.150. The van der Waals surface area contributed by atoms with Crippen LogP contribution in [0.25, 0.3) is 0 Å². The lowest BCUT2D eigenvalue weighted by atomic mass is 9.89. The highest BCUT2D eigenvalue weighted by molar-refractivity contribution is 5.86. The number of nitrogens with one attached hydrogen (secondary N) is 1. The van der Waals surface area contributed by atoms with Gasteiger partial charge in [0.1, 0.15) is 5.54 Å². The molecule has 1 heterocycles. The zero-order valence-corrected chi connectivity index (χ0v) is 12.2. The summed E-state index contributed by atoms with van der Waals surface area (Å²) in [6, 6.07) is -0.338. The van der Waals surface area contributed by atoms with Crippen LogP contribution < -0.4 is 5.32 Å². The third-order valence-electron chi connectivity index (χ3n) is 3.81. The van der Waals surface area contributed by atoms with Crippen LogP contribution in [0.1, 0.15) is 40.0 Å². The Hall–Kier alpha value is -1.30. The first kappa shape index (κ1) is 15.8. The number of urea groups is 1. The summed E-state index contributed by atoms with van der Waals surface area (Å²) in [6.07, 6.45) is 2.16. The Morgan fingerprint density at radius 2 is 2.05 bits per heavy atom. The van der Waals surface area contributed by atoms with E-state index >= 15 is 0 Å². The second-order valence-corrected chi connectivity index (χ2v) is 5.81. The van der Waals surface area contributed by atoms with Crippen molar-refractivity contribution >= 4 is 12.0 Å². The fourth-order valence-corrected chi connectivity index (χ4v) is 2.12. The molecule has 6 heteroatoms. The molecule has 1 rings (SSSR count). The first-order valence-corrected chi connectivity index (χ1v) is 6.57. The average Bonchev–Trinajstić information content (AvgIpc) is 2.36. The van der Waals surface area contributed by atoms with Crippen LogP contribution in [0.2, 0.25) is 0 Å². The van der Waals surface area contributed by atoms with Gasteiger partial charge in [-0.2, -0.15) is 0 Å². The molecule has 1 aliphatic rings. The van der Waals surface area contributed by atoms with E-state index in [1.165, 1.54) is 4.90 Å². The summed E-state index contributed by atoms with van der Waals surface area (Å²) in [5.41, 5.74) is -1.58. The molecule has 0 aromatic rings. The number of carboxylic acid groups (broad SMARTS) is 1. The molecule has 110 valence electrons. The van der Waals surface area contributed by atoms with Gasteiger partial charge in [-0.25, -0.2) is 9.59 Å². The zero-order chi connectivity index (χ0) is 14.7. The SMILES string of the molecule is COC(C)(C)CNC(=O)N1CCCCC1(C)C(=O)O. The van der Waals surface area contributed by atoms with Crippen LogP contribution in [0.4, 0.5) is 4.79 Å². The number of amides is 2. The number of carbonyl (C=O) groups excluding carboxylic acids is 1. The summed E-state index contributed by atoms with van der Waals surface area (Å²) in [5, 5.41) is 12.1. The van der Waals surface area contributed by atoms with Crippen molar-refractivity contribution in [3.63, 3.8) is 0 Å². The molecular formula is C13H24N2O4. The largest absolute Gasteiger partial charge is 0.480 e. The van der Waals surface area contributed by atoms with E-state index < -0.39 is 17.1 Å². The summed E-state index contributed by atoms with van der Waals surface area (Å²) in [4.78, 5) is 25.0. The lowest BCUT2D eigenvalue weighted by Crippen LogP contribution is -2.60. The van der Waals surface area contributed by atoms with Gasteiger partial charge in [0.25, 0.3) is 0 Å². The number of hydrogen-bond acceptors (Lipinski definition) is 3. The van der Waals surface area contributed by atoms with Crippen molar-refractivity contribution in [1.29, 1.82) is 0 Å². The second-order valence-electron chi connectivity index (χ2n) is 5.81. The average molecular weight is 272 g/mol. The van der Waals surface area contributed by atoms with Gasteiger partial charge in [-0.05, 0) is 40.0 Å². The molecule has 1 saturated heterocycles. The first-order valence-electron chi connectivity index (χ1n) is 6.57. The molecular weight excluding hydrogens is 248 g/mol. The summed E-state index contributed by atoms with van der Waals surface area (Å²) in [5.74, 6) is -0.951. The molecule has 2 N–H and O–H groups in total. The molecule has 19 heavy (non-hydrogen) atoms. The summed E-state index contributed by atoms with van der Waals surface area (Å²) in [7, 11) is 1.58. The molecule has 1 aliphatic heterocycles. The van der Waals surface area contributed by atoms with Crippen LogP contribution in [0.5, 0.6) is 0 Å². The van der Waals surface area contributed by atoms with Gasteiger partial charge >= 0.3 is 12.0 Å². The molecule has 0 spiro atoms. The highest BCUT2D eigenvalue weighted by atomic mass is 16.5. The molecule has 2 amide bonds.